The van der Waals surface area contributed by atoms with Gasteiger partial charge in [0.15, 0.2) is 0 Å². The molecule has 2 atom stereocenters. The van der Waals surface area contributed by atoms with Crippen molar-refractivity contribution in [2.75, 3.05) is 5.32 Å². The Labute approximate surface area is 139 Å². The van der Waals surface area contributed by atoms with Gasteiger partial charge in [-0.25, -0.2) is 0 Å². The average molecular weight is 328 g/mol. The van der Waals surface area contributed by atoms with Crippen LogP contribution in [0.5, 0.6) is 0 Å². The lowest BCUT2D eigenvalue weighted by Gasteiger charge is -2.06. The van der Waals surface area contributed by atoms with Crippen LogP contribution in [0, 0.1) is 12.8 Å². The summed E-state index contributed by atoms with van der Waals surface area (Å²) in [6, 6.07) is 10.1. The van der Waals surface area contributed by atoms with Crippen LogP contribution in [-0.4, -0.2) is 11.8 Å². The van der Waals surface area contributed by atoms with Gasteiger partial charge in [0.2, 0.25) is 5.91 Å². The van der Waals surface area contributed by atoms with E-state index in [1.807, 2.05) is 32.0 Å². The Hall–Kier alpha value is -2.14. The molecule has 1 saturated carbocycles. The maximum absolute atomic E-state index is 12.5. The molecule has 1 aromatic heterocycles. The lowest BCUT2D eigenvalue weighted by Crippen LogP contribution is -2.19. The van der Waals surface area contributed by atoms with Crippen molar-refractivity contribution in [3.05, 3.63) is 51.9 Å². The van der Waals surface area contributed by atoms with Crippen LogP contribution in [0.4, 0.5) is 5.00 Å². The molecule has 4 nitrogen and oxygen atoms in total. The molecule has 1 fully saturated rings. The number of nitrogens with one attached hydrogen (secondary N) is 1. The van der Waals surface area contributed by atoms with Gasteiger partial charge in [-0.15, -0.1) is 11.3 Å². The van der Waals surface area contributed by atoms with Crippen molar-refractivity contribution in [1.82, 2.24) is 0 Å². The minimum atomic E-state index is -0.475. The highest BCUT2D eigenvalue weighted by atomic mass is 32.1. The fourth-order valence-electron chi connectivity index (χ4n) is 3.11. The number of rotatable bonds is 5. The first-order valence-corrected chi connectivity index (χ1v) is 8.62. The van der Waals surface area contributed by atoms with Crippen molar-refractivity contribution in [3.63, 3.8) is 0 Å². The lowest BCUT2D eigenvalue weighted by molar-refractivity contribution is -0.117. The number of hydrogen-bond acceptors (Lipinski definition) is 3. The van der Waals surface area contributed by atoms with Gasteiger partial charge in [-0.05, 0) is 36.8 Å². The van der Waals surface area contributed by atoms with E-state index in [0.717, 1.165) is 23.3 Å². The topological polar surface area (TPSA) is 72.2 Å². The Morgan fingerprint density at radius 1 is 1.30 bits per heavy atom. The SMILES string of the molecule is CCc1c(C)sc(NC(=O)[C@H]2C[C@H]2c2ccccc2)c1C(N)=O. The minimum Gasteiger partial charge on any atom is -0.365 e. The maximum Gasteiger partial charge on any atom is 0.251 e. The molecular weight excluding hydrogens is 308 g/mol. The first-order valence-electron chi connectivity index (χ1n) is 7.80. The predicted octanol–water partition coefficient (Wildman–Crippen LogP) is 3.46. The van der Waals surface area contributed by atoms with Crippen molar-refractivity contribution in [3.8, 4) is 0 Å². The van der Waals surface area contributed by atoms with E-state index in [-0.39, 0.29) is 17.7 Å². The summed E-state index contributed by atoms with van der Waals surface area (Å²) >= 11 is 1.43. The molecule has 0 saturated heterocycles. The molecule has 2 aromatic rings. The van der Waals surface area contributed by atoms with Crippen LogP contribution < -0.4 is 11.1 Å². The molecule has 0 radical (unpaired) electrons. The molecular formula is C18H20N2O2S. The smallest absolute Gasteiger partial charge is 0.251 e. The van der Waals surface area contributed by atoms with Crippen LogP contribution in [-0.2, 0) is 11.2 Å². The zero-order valence-corrected chi connectivity index (χ0v) is 14.1. The van der Waals surface area contributed by atoms with Gasteiger partial charge in [0, 0.05) is 10.8 Å². The molecule has 120 valence electrons. The van der Waals surface area contributed by atoms with Gasteiger partial charge < -0.3 is 11.1 Å². The first kappa shape index (κ1) is 15.7. The van der Waals surface area contributed by atoms with Crippen LogP contribution in [0.2, 0.25) is 0 Å². The molecule has 5 heteroatoms. The number of carbonyl (C=O) groups excluding carboxylic acids is 2. The first-order chi connectivity index (χ1) is 11.0. The minimum absolute atomic E-state index is 0.0226. The van der Waals surface area contributed by atoms with E-state index < -0.39 is 5.91 Å². The third-order valence-corrected chi connectivity index (χ3v) is 5.46. The number of primary amides is 1. The van der Waals surface area contributed by atoms with Crippen LogP contribution in [0.1, 0.15) is 45.6 Å². The Morgan fingerprint density at radius 3 is 2.61 bits per heavy atom. The molecule has 0 unspecified atom stereocenters. The summed E-state index contributed by atoms with van der Waals surface area (Å²) < 4.78 is 0. The molecule has 1 aliphatic carbocycles. The van der Waals surface area contributed by atoms with Crippen molar-refractivity contribution >= 4 is 28.2 Å². The number of hydrogen-bond donors (Lipinski definition) is 2. The van der Waals surface area contributed by atoms with Crippen LogP contribution in [0.25, 0.3) is 0 Å². The van der Waals surface area contributed by atoms with Crippen LogP contribution in [0.3, 0.4) is 0 Å². The maximum atomic E-state index is 12.5. The van der Waals surface area contributed by atoms with Crippen LogP contribution in [0.15, 0.2) is 30.3 Å². The summed E-state index contributed by atoms with van der Waals surface area (Å²) in [5.41, 5.74) is 8.11. The van der Waals surface area contributed by atoms with Gasteiger partial charge in [0.05, 0.1) is 5.56 Å². The Bertz CT molecular complexity index is 752. The van der Waals surface area contributed by atoms with E-state index in [1.165, 1.54) is 16.9 Å². The monoisotopic (exact) mass is 328 g/mol. The number of benzene rings is 1. The Morgan fingerprint density at radius 2 is 2.00 bits per heavy atom. The van der Waals surface area contributed by atoms with Crippen molar-refractivity contribution in [2.24, 2.45) is 11.7 Å². The molecule has 1 heterocycles. The number of amides is 2. The van der Waals surface area contributed by atoms with Gasteiger partial charge >= 0.3 is 0 Å². The highest BCUT2D eigenvalue weighted by Gasteiger charge is 2.44. The third kappa shape index (κ3) is 3.01. The summed E-state index contributed by atoms with van der Waals surface area (Å²) in [6.07, 6.45) is 1.58. The summed E-state index contributed by atoms with van der Waals surface area (Å²) in [5, 5.41) is 3.52. The standard InChI is InChI=1S/C18H20N2O2S/c1-3-12-10(2)23-18(15(12)16(19)21)20-17(22)14-9-13(14)11-7-5-4-6-8-11/h4-8,13-14H,3,9H2,1-2H3,(H2,19,21)(H,20,22)/t13-,14-/m0/s1. The second kappa shape index (κ2) is 6.16. The number of nitrogens with two attached hydrogens (primary N) is 1. The second-order valence-corrected chi connectivity index (χ2v) is 7.13. The molecule has 1 aliphatic rings. The van der Waals surface area contributed by atoms with Crippen molar-refractivity contribution in [2.45, 2.75) is 32.6 Å². The van der Waals surface area contributed by atoms with Gasteiger partial charge in [-0.3, -0.25) is 9.59 Å². The largest absolute Gasteiger partial charge is 0.365 e. The molecule has 23 heavy (non-hydrogen) atoms. The number of anilines is 1. The van der Waals surface area contributed by atoms with Gasteiger partial charge in [0.25, 0.3) is 5.91 Å². The van der Waals surface area contributed by atoms with Gasteiger partial charge in [-0.2, -0.15) is 0 Å². The zero-order valence-electron chi connectivity index (χ0n) is 13.3. The lowest BCUT2D eigenvalue weighted by atomic mass is 10.1. The third-order valence-electron chi connectivity index (χ3n) is 4.40. The summed E-state index contributed by atoms with van der Waals surface area (Å²) in [4.78, 5) is 25.3. The average Bonchev–Trinajstić information content (AvgIpc) is 3.27. The van der Waals surface area contributed by atoms with Gasteiger partial charge in [0.1, 0.15) is 5.00 Å². The van der Waals surface area contributed by atoms with E-state index in [0.29, 0.717) is 10.6 Å². The van der Waals surface area contributed by atoms with Crippen molar-refractivity contribution < 1.29 is 9.59 Å². The molecule has 2 amide bonds. The Balaban J connectivity index is 1.76. The summed E-state index contributed by atoms with van der Waals surface area (Å²) in [6.45, 7) is 3.94. The highest BCUT2D eigenvalue weighted by Crippen LogP contribution is 2.48. The van der Waals surface area contributed by atoms with E-state index in [2.05, 4.69) is 17.4 Å². The van der Waals surface area contributed by atoms with E-state index in [9.17, 15) is 9.59 Å². The molecule has 0 aliphatic heterocycles. The van der Waals surface area contributed by atoms with E-state index in [1.54, 1.807) is 0 Å². The van der Waals surface area contributed by atoms with Crippen LogP contribution >= 0.6 is 11.3 Å². The van der Waals surface area contributed by atoms with E-state index >= 15 is 0 Å². The molecule has 1 aromatic carbocycles. The summed E-state index contributed by atoms with van der Waals surface area (Å²) in [5.74, 6) is -0.243. The molecule has 0 bridgehead atoms. The van der Waals surface area contributed by atoms with Gasteiger partial charge in [-0.1, -0.05) is 37.3 Å². The number of carbonyl (C=O) groups is 2. The normalized spacial score (nSPS) is 19.4. The number of aryl methyl sites for hydroxylation is 1. The zero-order chi connectivity index (χ0) is 16.6. The Kier molecular flexibility index (Phi) is 4.22. The predicted molar refractivity (Wildman–Crippen MR) is 92.9 cm³/mol. The number of thiophene rings is 1. The highest BCUT2D eigenvalue weighted by molar-refractivity contribution is 7.16. The molecule has 0 spiro atoms. The molecule has 3 N–H and O–H groups in total. The van der Waals surface area contributed by atoms with Crippen molar-refractivity contribution in [1.29, 1.82) is 0 Å². The second-order valence-electron chi connectivity index (χ2n) is 5.91. The molecule has 3 rings (SSSR count). The fraction of sp³-hybridized carbons (Fsp3) is 0.333. The summed E-state index contributed by atoms with van der Waals surface area (Å²) in [7, 11) is 0. The fourth-order valence-corrected chi connectivity index (χ4v) is 4.26. The quantitative estimate of drug-likeness (QED) is 0.882. The van der Waals surface area contributed by atoms with E-state index in [4.69, 9.17) is 5.73 Å².